The van der Waals surface area contributed by atoms with E-state index in [2.05, 4.69) is 20.9 Å². The quantitative estimate of drug-likeness (QED) is 0.914. The molecule has 0 aliphatic rings. The average Bonchev–Trinajstić information content (AvgIpc) is 2.13. The standard InChI is InChI=1S/C8H9BrF2N2O/c1-4-5(12)2-13-8(7(4)9)14-3-6(10)11/h2,6H,3,12H2,1H3. The third-order valence-electron chi connectivity index (χ3n) is 1.62. The molecule has 1 heterocycles. The number of hydrogen-bond acceptors (Lipinski definition) is 3. The Kier molecular flexibility index (Phi) is 3.62. The Morgan fingerprint density at radius 3 is 2.86 bits per heavy atom. The maximum Gasteiger partial charge on any atom is 0.272 e. The lowest BCUT2D eigenvalue weighted by Gasteiger charge is -2.09. The molecule has 0 atom stereocenters. The zero-order chi connectivity index (χ0) is 10.7. The topological polar surface area (TPSA) is 48.1 Å². The third kappa shape index (κ3) is 2.54. The largest absolute Gasteiger partial charge is 0.471 e. The van der Waals surface area contributed by atoms with E-state index >= 15 is 0 Å². The number of anilines is 1. The molecule has 0 aliphatic carbocycles. The van der Waals surface area contributed by atoms with Crippen molar-refractivity contribution in [3.63, 3.8) is 0 Å². The number of ether oxygens (including phenoxy) is 1. The van der Waals surface area contributed by atoms with E-state index in [4.69, 9.17) is 10.5 Å². The second kappa shape index (κ2) is 4.54. The summed E-state index contributed by atoms with van der Waals surface area (Å²) in [5.41, 5.74) is 6.76. The van der Waals surface area contributed by atoms with Gasteiger partial charge in [-0.25, -0.2) is 13.8 Å². The van der Waals surface area contributed by atoms with E-state index in [0.717, 1.165) is 5.56 Å². The maximum absolute atomic E-state index is 11.8. The Hall–Kier alpha value is -0.910. The van der Waals surface area contributed by atoms with E-state index in [1.54, 1.807) is 6.92 Å². The number of nitrogens with two attached hydrogens (primary N) is 1. The molecule has 1 aromatic rings. The van der Waals surface area contributed by atoms with Crippen molar-refractivity contribution >= 4 is 21.6 Å². The zero-order valence-corrected chi connectivity index (χ0v) is 9.01. The van der Waals surface area contributed by atoms with Crippen LogP contribution in [0, 0.1) is 6.92 Å². The predicted molar refractivity (Wildman–Crippen MR) is 52.6 cm³/mol. The highest BCUT2D eigenvalue weighted by Gasteiger charge is 2.10. The summed E-state index contributed by atoms with van der Waals surface area (Å²) in [6.07, 6.45) is -1.14. The molecule has 0 radical (unpaired) electrons. The van der Waals surface area contributed by atoms with Crippen LogP contribution >= 0.6 is 15.9 Å². The minimum absolute atomic E-state index is 0.136. The van der Waals surface area contributed by atoms with Crippen LogP contribution in [0.3, 0.4) is 0 Å². The molecule has 0 aromatic carbocycles. The van der Waals surface area contributed by atoms with Gasteiger partial charge in [-0.1, -0.05) is 0 Å². The molecule has 0 unspecified atom stereocenters. The van der Waals surface area contributed by atoms with Gasteiger partial charge >= 0.3 is 0 Å². The SMILES string of the molecule is Cc1c(N)cnc(OCC(F)F)c1Br. The average molecular weight is 267 g/mol. The fourth-order valence-electron chi connectivity index (χ4n) is 0.811. The smallest absolute Gasteiger partial charge is 0.272 e. The number of hydrogen-bond donors (Lipinski definition) is 1. The normalized spacial score (nSPS) is 10.6. The molecule has 0 spiro atoms. The summed E-state index contributed by atoms with van der Waals surface area (Å²) in [5.74, 6) is 0.136. The highest BCUT2D eigenvalue weighted by molar-refractivity contribution is 9.10. The van der Waals surface area contributed by atoms with Gasteiger partial charge in [0.2, 0.25) is 5.88 Å². The van der Waals surface area contributed by atoms with Crippen molar-refractivity contribution in [2.75, 3.05) is 12.3 Å². The van der Waals surface area contributed by atoms with E-state index in [1.807, 2.05) is 0 Å². The Balaban J connectivity index is 2.83. The second-order valence-corrected chi connectivity index (χ2v) is 3.45. The summed E-state index contributed by atoms with van der Waals surface area (Å²) < 4.78 is 29.0. The molecule has 0 saturated heterocycles. The minimum Gasteiger partial charge on any atom is -0.471 e. The molecule has 6 heteroatoms. The summed E-state index contributed by atoms with van der Waals surface area (Å²) in [6.45, 7) is 1.07. The Labute approximate surface area is 88.4 Å². The Morgan fingerprint density at radius 1 is 1.64 bits per heavy atom. The van der Waals surface area contributed by atoms with Gasteiger partial charge in [-0.3, -0.25) is 0 Å². The Morgan fingerprint density at radius 2 is 2.29 bits per heavy atom. The molecular weight excluding hydrogens is 258 g/mol. The zero-order valence-electron chi connectivity index (χ0n) is 7.43. The second-order valence-electron chi connectivity index (χ2n) is 2.66. The molecule has 1 aromatic heterocycles. The Bertz CT molecular complexity index is 333. The molecule has 0 fully saturated rings. The van der Waals surface area contributed by atoms with Crippen molar-refractivity contribution in [3.8, 4) is 5.88 Å². The number of pyridine rings is 1. The van der Waals surface area contributed by atoms with Crippen LogP contribution in [0.4, 0.5) is 14.5 Å². The molecule has 0 bridgehead atoms. The summed E-state index contributed by atoms with van der Waals surface area (Å²) in [5, 5.41) is 0. The molecule has 0 aliphatic heterocycles. The predicted octanol–water partition coefficient (Wildman–Crippen LogP) is 2.38. The van der Waals surface area contributed by atoms with Gasteiger partial charge in [0.15, 0.2) is 6.61 Å². The highest BCUT2D eigenvalue weighted by Crippen LogP contribution is 2.29. The number of nitrogens with zero attached hydrogens (tertiary/aromatic N) is 1. The molecule has 0 saturated carbocycles. The first-order valence-corrected chi connectivity index (χ1v) is 4.63. The van der Waals surface area contributed by atoms with Crippen LogP contribution < -0.4 is 10.5 Å². The van der Waals surface area contributed by atoms with Crippen LogP contribution in [0.2, 0.25) is 0 Å². The number of aromatic nitrogens is 1. The fourth-order valence-corrected chi connectivity index (χ4v) is 1.26. The lowest BCUT2D eigenvalue weighted by atomic mass is 10.2. The van der Waals surface area contributed by atoms with Gasteiger partial charge in [0.1, 0.15) is 0 Å². The van der Waals surface area contributed by atoms with E-state index < -0.39 is 13.0 Å². The number of rotatable bonds is 3. The van der Waals surface area contributed by atoms with E-state index in [1.165, 1.54) is 6.20 Å². The number of nitrogen functional groups attached to an aromatic ring is 1. The van der Waals surface area contributed by atoms with Crippen molar-refractivity contribution in [2.24, 2.45) is 0 Å². The van der Waals surface area contributed by atoms with Crippen molar-refractivity contribution in [3.05, 3.63) is 16.2 Å². The lowest BCUT2D eigenvalue weighted by Crippen LogP contribution is -2.09. The van der Waals surface area contributed by atoms with Gasteiger partial charge in [-0.15, -0.1) is 0 Å². The van der Waals surface area contributed by atoms with Crippen LogP contribution in [-0.2, 0) is 0 Å². The highest BCUT2D eigenvalue weighted by atomic mass is 79.9. The molecule has 1 rings (SSSR count). The van der Waals surface area contributed by atoms with Crippen LogP contribution in [0.1, 0.15) is 5.56 Å². The first kappa shape index (κ1) is 11.2. The van der Waals surface area contributed by atoms with Crippen LogP contribution in [0.5, 0.6) is 5.88 Å². The van der Waals surface area contributed by atoms with Crippen molar-refractivity contribution < 1.29 is 13.5 Å². The van der Waals surface area contributed by atoms with Gasteiger partial charge in [-0.05, 0) is 28.4 Å². The molecule has 14 heavy (non-hydrogen) atoms. The van der Waals surface area contributed by atoms with Crippen LogP contribution in [0.15, 0.2) is 10.7 Å². The summed E-state index contributed by atoms with van der Waals surface area (Å²) in [7, 11) is 0. The van der Waals surface area contributed by atoms with Gasteiger partial charge in [-0.2, -0.15) is 0 Å². The first-order valence-electron chi connectivity index (χ1n) is 3.84. The number of halogens is 3. The van der Waals surface area contributed by atoms with Crippen molar-refractivity contribution in [1.29, 1.82) is 0 Å². The molecule has 2 N–H and O–H groups in total. The minimum atomic E-state index is -2.51. The van der Waals surface area contributed by atoms with E-state index in [0.29, 0.717) is 10.2 Å². The van der Waals surface area contributed by atoms with Crippen LogP contribution in [-0.4, -0.2) is 18.0 Å². The fraction of sp³-hybridized carbons (Fsp3) is 0.375. The summed E-state index contributed by atoms with van der Waals surface area (Å²) in [4.78, 5) is 3.78. The van der Waals surface area contributed by atoms with Crippen molar-refractivity contribution in [1.82, 2.24) is 4.98 Å². The van der Waals surface area contributed by atoms with Crippen molar-refractivity contribution in [2.45, 2.75) is 13.3 Å². The first-order chi connectivity index (χ1) is 6.52. The lowest BCUT2D eigenvalue weighted by molar-refractivity contribution is 0.0791. The van der Waals surface area contributed by atoms with Gasteiger partial charge in [0, 0.05) is 0 Å². The molecular formula is C8H9BrF2N2O. The van der Waals surface area contributed by atoms with Gasteiger partial charge in [0.25, 0.3) is 6.43 Å². The maximum atomic E-state index is 11.8. The van der Waals surface area contributed by atoms with E-state index in [9.17, 15) is 8.78 Å². The van der Waals surface area contributed by atoms with E-state index in [-0.39, 0.29) is 5.88 Å². The summed E-state index contributed by atoms with van der Waals surface area (Å²) >= 11 is 3.17. The third-order valence-corrected chi connectivity index (χ3v) is 2.55. The van der Waals surface area contributed by atoms with Gasteiger partial charge < -0.3 is 10.5 Å². The molecule has 78 valence electrons. The summed E-state index contributed by atoms with van der Waals surface area (Å²) in [6, 6.07) is 0. The molecule has 3 nitrogen and oxygen atoms in total. The molecule has 0 amide bonds. The van der Waals surface area contributed by atoms with Crippen LogP contribution in [0.25, 0.3) is 0 Å². The van der Waals surface area contributed by atoms with Gasteiger partial charge in [0.05, 0.1) is 16.4 Å². The number of alkyl halides is 2. The monoisotopic (exact) mass is 266 g/mol.